The Labute approximate surface area is 87.5 Å². The monoisotopic (exact) mass is 275 g/mol. The van der Waals surface area contributed by atoms with Gasteiger partial charge < -0.3 is 60.7 Å². The van der Waals surface area contributed by atoms with Crippen LogP contribution in [0.2, 0.25) is 0 Å². The minimum Gasteiger partial charge on any atom is -1.00 e. The van der Waals surface area contributed by atoms with Crippen LogP contribution in [-0.4, -0.2) is 0 Å². The molecule has 53 valence electrons. The SMILES string of the molecule is [Cl-].[Cl-].[Cl-].[Cl-].[N-]=[N+]=[N-].[Nb]. The Bertz CT molecular complexity index is 32.3. The van der Waals surface area contributed by atoms with E-state index in [0.29, 0.717) is 0 Å². The van der Waals surface area contributed by atoms with Crippen molar-refractivity contribution in [2.45, 2.75) is 0 Å². The Balaban J connectivity index is -0.00000000200. The molecule has 0 aromatic carbocycles. The molecule has 0 unspecified atom stereocenters. The van der Waals surface area contributed by atoms with Gasteiger partial charge in [0.05, 0.1) is 0 Å². The second-order valence-corrected chi connectivity index (χ2v) is 0.0894. The summed E-state index contributed by atoms with van der Waals surface area (Å²) in [6.45, 7) is 0. The fraction of sp³-hybridized carbons (Fsp3) is 0. The molecule has 0 heterocycles. The third-order valence-electron chi connectivity index (χ3n) is 0. The van der Waals surface area contributed by atoms with Crippen molar-refractivity contribution in [1.29, 1.82) is 0 Å². The van der Waals surface area contributed by atoms with Crippen molar-refractivity contribution in [3.8, 4) is 0 Å². The standard InChI is InChI=1S/4ClH.N3.Nb/c;;;;1-3-2;/h4*1H;;/q;;;;-1;/p-4. The van der Waals surface area contributed by atoms with Crippen LogP contribution in [0.1, 0.15) is 0 Å². The molecule has 0 saturated carbocycles. The fourth-order valence-electron chi connectivity index (χ4n) is 0. The van der Waals surface area contributed by atoms with Crippen LogP contribution in [0.3, 0.4) is 0 Å². The van der Waals surface area contributed by atoms with Gasteiger partial charge in [-0.2, -0.15) is 0 Å². The van der Waals surface area contributed by atoms with Crippen LogP contribution in [0.4, 0.5) is 0 Å². The summed E-state index contributed by atoms with van der Waals surface area (Å²) in [4.78, 5) is 1.50. The summed E-state index contributed by atoms with van der Waals surface area (Å²) >= 11 is 0. The zero-order valence-corrected chi connectivity index (χ0v) is 8.52. The van der Waals surface area contributed by atoms with Gasteiger partial charge in [-0.15, -0.1) is 0 Å². The van der Waals surface area contributed by atoms with Gasteiger partial charge in [-0.1, -0.05) is 0 Å². The van der Waals surface area contributed by atoms with E-state index >= 15 is 0 Å². The van der Waals surface area contributed by atoms with Crippen molar-refractivity contribution in [2.24, 2.45) is 0 Å². The van der Waals surface area contributed by atoms with Gasteiger partial charge in [0.25, 0.3) is 0 Å². The van der Waals surface area contributed by atoms with E-state index in [4.69, 9.17) is 11.1 Å². The van der Waals surface area contributed by atoms with Crippen molar-refractivity contribution in [1.82, 2.24) is 0 Å². The molecule has 0 fully saturated rings. The van der Waals surface area contributed by atoms with E-state index < -0.39 is 0 Å². The van der Waals surface area contributed by atoms with E-state index in [1.54, 1.807) is 0 Å². The van der Waals surface area contributed by atoms with Gasteiger partial charge in [-0.25, -0.2) is 0 Å². The second-order valence-electron chi connectivity index (χ2n) is 0.0894. The summed E-state index contributed by atoms with van der Waals surface area (Å²) in [7, 11) is 0. The Kier molecular flexibility index (Phi) is 658. The first kappa shape index (κ1) is 60.2. The average molecular weight is 277 g/mol. The molecule has 0 bridgehead atoms. The molecule has 0 rings (SSSR count). The van der Waals surface area contributed by atoms with E-state index in [1.807, 2.05) is 0 Å². The zero-order valence-electron chi connectivity index (χ0n) is 3.30. The quantitative estimate of drug-likeness (QED) is 0.183. The molecule has 0 aromatic rings. The number of halogens is 4. The maximum Gasteiger partial charge on any atom is 0 e. The van der Waals surface area contributed by atoms with Crippen LogP contribution < -0.4 is 49.6 Å². The molecule has 8 heavy (non-hydrogen) atoms. The van der Waals surface area contributed by atoms with E-state index in [0.717, 1.165) is 0 Å². The Morgan fingerprint density at radius 3 is 0.750 bits per heavy atom. The molecule has 8 heteroatoms. The number of hydrogen-bond donors (Lipinski definition) is 0. The Morgan fingerprint density at radius 2 is 0.750 bits per heavy atom. The molecule has 0 atom stereocenters. The van der Waals surface area contributed by atoms with Crippen molar-refractivity contribution in [3.63, 3.8) is 0 Å². The first-order chi connectivity index (χ1) is 1.41. The second kappa shape index (κ2) is 87.4. The van der Waals surface area contributed by atoms with Gasteiger partial charge in [0, 0.05) is 22.4 Å². The first-order valence-electron chi connectivity index (χ1n) is 0.400. The molecule has 0 aromatic heterocycles. The normalized spacial score (nSPS) is 1.00. The maximum absolute atomic E-state index is 6.75. The van der Waals surface area contributed by atoms with Crippen LogP contribution >= 0.6 is 0 Å². The van der Waals surface area contributed by atoms with Gasteiger partial charge in [0.1, 0.15) is 0 Å². The largest absolute Gasteiger partial charge is 1.00 e. The van der Waals surface area contributed by atoms with Crippen LogP contribution in [0.15, 0.2) is 0 Å². The number of hydrogen-bond acceptors (Lipinski definition) is 0. The molecule has 0 saturated heterocycles. The smallest absolute Gasteiger partial charge is 0 e. The van der Waals surface area contributed by atoms with Crippen molar-refractivity contribution in [2.75, 3.05) is 0 Å². The van der Waals surface area contributed by atoms with E-state index in [1.165, 1.54) is 4.91 Å². The Morgan fingerprint density at radius 1 is 0.750 bits per heavy atom. The average Bonchev–Trinajstić information content (AvgIpc) is 0.918. The molecule has 3 nitrogen and oxygen atoms in total. The molecule has 1 radical (unpaired) electrons. The summed E-state index contributed by atoms with van der Waals surface area (Å²) < 4.78 is 0. The van der Waals surface area contributed by atoms with Gasteiger partial charge in [-0.3, -0.25) is 4.91 Å². The van der Waals surface area contributed by atoms with Gasteiger partial charge in [0.2, 0.25) is 0 Å². The van der Waals surface area contributed by atoms with Crippen molar-refractivity contribution >= 4 is 0 Å². The molecule has 0 amide bonds. The van der Waals surface area contributed by atoms with Crippen LogP contribution in [0.5, 0.6) is 0 Å². The molecule has 0 aliphatic rings. The van der Waals surface area contributed by atoms with E-state index in [9.17, 15) is 0 Å². The predicted octanol–water partition coefficient (Wildman–Crippen LogP) is -11.1. The molecule has 0 spiro atoms. The van der Waals surface area contributed by atoms with E-state index in [-0.39, 0.29) is 72.0 Å². The molecular weight excluding hydrogens is 277 g/mol. The minimum atomic E-state index is 0. The molecular formula is Cl4N3Nb-5. The third-order valence-corrected chi connectivity index (χ3v) is 0. The van der Waals surface area contributed by atoms with E-state index in [2.05, 4.69) is 0 Å². The van der Waals surface area contributed by atoms with Crippen molar-refractivity contribution < 1.29 is 72.0 Å². The Hall–Kier alpha value is 1.21. The van der Waals surface area contributed by atoms with Crippen LogP contribution in [0, 0.1) is 0 Å². The van der Waals surface area contributed by atoms with Gasteiger partial charge in [0.15, 0.2) is 0 Å². The molecule has 0 aliphatic carbocycles. The summed E-state index contributed by atoms with van der Waals surface area (Å²) in [6.07, 6.45) is 0. The van der Waals surface area contributed by atoms with Crippen LogP contribution in [0.25, 0.3) is 16.0 Å². The summed E-state index contributed by atoms with van der Waals surface area (Å²) in [5.74, 6) is 0. The number of nitrogens with zero attached hydrogens (tertiary/aromatic N) is 3. The predicted molar refractivity (Wildman–Crippen MR) is 10.1 cm³/mol. The van der Waals surface area contributed by atoms with Gasteiger partial charge in [-0.05, 0) is 0 Å². The summed E-state index contributed by atoms with van der Waals surface area (Å²) in [5.41, 5.74) is 13.5. The van der Waals surface area contributed by atoms with Crippen molar-refractivity contribution in [3.05, 3.63) is 16.0 Å². The summed E-state index contributed by atoms with van der Waals surface area (Å²) in [6, 6.07) is 0. The first-order valence-corrected chi connectivity index (χ1v) is 0.400. The zero-order chi connectivity index (χ0) is 2.71. The maximum atomic E-state index is 6.75. The van der Waals surface area contributed by atoms with Gasteiger partial charge >= 0.3 is 0 Å². The molecule has 0 N–H and O–H groups in total. The summed E-state index contributed by atoms with van der Waals surface area (Å²) in [5, 5.41) is 0. The van der Waals surface area contributed by atoms with Crippen LogP contribution in [-0.2, 0) is 22.4 Å². The molecule has 0 aliphatic heterocycles. The fourth-order valence-corrected chi connectivity index (χ4v) is 0. The topological polar surface area (TPSA) is 58.7 Å². The third kappa shape index (κ3) is 190. The minimum absolute atomic E-state index is 0. The number of rotatable bonds is 0.